The summed E-state index contributed by atoms with van der Waals surface area (Å²) in [6.07, 6.45) is 5.31. The first-order valence-corrected chi connectivity index (χ1v) is 7.11. The number of piperidine rings is 1. The molecule has 1 rings (SSSR count). The summed E-state index contributed by atoms with van der Waals surface area (Å²) in [6, 6.07) is 1.50. The SMILES string of the molecule is CCC(C)N1CCCC(NCCC(C)C)C1. The Kier molecular flexibility index (Phi) is 6.37. The van der Waals surface area contributed by atoms with E-state index in [1.54, 1.807) is 0 Å². The summed E-state index contributed by atoms with van der Waals surface area (Å²) < 4.78 is 0. The third-order valence-corrected chi connectivity index (χ3v) is 3.82. The first-order valence-electron chi connectivity index (χ1n) is 7.11. The van der Waals surface area contributed by atoms with Crippen molar-refractivity contribution >= 4 is 0 Å². The van der Waals surface area contributed by atoms with Crippen LogP contribution in [0.5, 0.6) is 0 Å². The second-order valence-corrected chi connectivity index (χ2v) is 5.73. The Morgan fingerprint density at radius 1 is 1.31 bits per heavy atom. The lowest BCUT2D eigenvalue weighted by Crippen LogP contribution is -2.48. The number of likely N-dealkylation sites (tertiary alicyclic amines) is 1. The van der Waals surface area contributed by atoms with Gasteiger partial charge in [-0.1, -0.05) is 20.8 Å². The van der Waals surface area contributed by atoms with E-state index in [1.165, 1.54) is 45.3 Å². The Bertz CT molecular complexity index is 180. The number of hydrogen-bond donors (Lipinski definition) is 1. The fourth-order valence-electron chi connectivity index (χ4n) is 2.41. The molecule has 2 heteroatoms. The van der Waals surface area contributed by atoms with E-state index < -0.39 is 0 Å². The summed E-state index contributed by atoms with van der Waals surface area (Å²) in [4.78, 5) is 2.65. The van der Waals surface area contributed by atoms with Crippen LogP contribution in [0.25, 0.3) is 0 Å². The van der Waals surface area contributed by atoms with Crippen molar-refractivity contribution in [3.63, 3.8) is 0 Å². The molecule has 1 aliphatic rings. The first-order chi connectivity index (χ1) is 7.63. The molecule has 96 valence electrons. The zero-order chi connectivity index (χ0) is 12.0. The summed E-state index contributed by atoms with van der Waals surface area (Å²) in [7, 11) is 0. The Labute approximate surface area is 102 Å². The lowest BCUT2D eigenvalue weighted by molar-refractivity contribution is 0.142. The fraction of sp³-hybridized carbons (Fsp3) is 1.00. The van der Waals surface area contributed by atoms with Crippen LogP contribution in [0.4, 0.5) is 0 Å². The summed E-state index contributed by atoms with van der Waals surface area (Å²) in [5.41, 5.74) is 0. The minimum absolute atomic E-state index is 0.738. The van der Waals surface area contributed by atoms with Crippen LogP contribution in [0.3, 0.4) is 0 Å². The lowest BCUT2D eigenvalue weighted by Gasteiger charge is -2.37. The van der Waals surface area contributed by atoms with Gasteiger partial charge in [-0.25, -0.2) is 0 Å². The molecule has 2 unspecified atom stereocenters. The molecule has 2 atom stereocenters. The van der Waals surface area contributed by atoms with Crippen molar-refractivity contribution in [3.05, 3.63) is 0 Å². The zero-order valence-corrected chi connectivity index (χ0v) is 11.6. The van der Waals surface area contributed by atoms with E-state index in [0.29, 0.717) is 0 Å². The van der Waals surface area contributed by atoms with Crippen LogP contribution in [0.2, 0.25) is 0 Å². The molecule has 2 nitrogen and oxygen atoms in total. The van der Waals surface area contributed by atoms with Gasteiger partial charge in [0, 0.05) is 18.6 Å². The van der Waals surface area contributed by atoms with Crippen LogP contribution in [0.1, 0.15) is 53.4 Å². The Balaban J connectivity index is 2.22. The van der Waals surface area contributed by atoms with Crippen molar-refractivity contribution in [2.24, 2.45) is 5.92 Å². The van der Waals surface area contributed by atoms with Crippen molar-refractivity contribution in [1.29, 1.82) is 0 Å². The van der Waals surface area contributed by atoms with E-state index in [1.807, 2.05) is 0 Å². The van der Waals surface area contributed by atoms with Gasteiger partial charge in [-0.3, -0.25) is 4.90 Å². The van der Waals surface area contributed by atoms with Gasteiger partial charge in [0.05, 0.1) is 0 Å². The normalized spacial score (nSPS) is 24.9. The molecule has 1 N–H and O–H groups in total. The molecule has 0 aromatic rings. The number of rotatable bonds is 6. The summed E-state index contributed by atoms with van der Waals surface area (Å²) >= 11 is 0. The second-order valence-electron chi connectivity index (χ2n) is 5.73. The summed E-state index contributed by atoms with van der Waals surface area (Å²) in [5, 5.41) is 3.72. The van der Waals surface area contributed by atoms with Gasteiger partial charge in [0.1, 0.15) is 0 Å². The van der Waals surface area contributed by atoms with Crippen molar-refractivity contribution < 1.29 is 0 Å². The van der Waals surface area contributed by atoms with Crippen molar-refractivity contribution in [2.45, 2.75) is 65.5 Å². The molecule has 0 radical (unpaired) electrons. The van der Waals surface area contributed by atoms with Gasteiger partial charge in [-0.2, -0.15) is 0 Å². The molecule has 1 aliphatic heterocycles. The van der Waals surface area contributed by atoms with Gasteiger partial charge in [0.25, 0.3) is 0 Å². The molecule has 0 spiro atoms. The van der Waals surface area contributed by atoms with Crippen LogP contribution >= 0.6 is 0 Å². The molecule has 16 heavy (non-hydrogen) atoms. The fourth-order valence-corrected chi connectivity index (χ4v) is 2.41. The van der Waals surface area contributed by atoms with Gasteiger partial charge in [0.2, 0.25) is 0 Å². The predicted molar refractivity (Wildman–Crippen MR) is 71.8 cm³/mol. The predicted octanol–water partition coefficient (Wildman–Crippen LogP) is 2.89. The standard InChI is InChI=1S/C14H30N2/c1-5-13(4)16-10-6-7-14(11-16)15-9-8-12(2)3/h12-15H,5-11H2,1-4H3. The zero-order valence-electron chi connectivity index (χ0n) is 11.6. The molecule has 0 amide bonds. The van der Waals surface area contributed by atoms with E-state index in [9.17, 15) is 0 Å². The quantitative estimate of drug-likeness (QED) is 0.749. The van der Waals surface area contributed by atoms with Gasteiger partial charge in [-0.15, -0.1) is 0 Å². The second kappa shape index (κ2) is 7.29. The maximum Gasteiger partial charge on any atom is 0.0195 e. The minimum Gasteiger partial charge on any atom is -0.313 e. The molecule has 0 aliphatic carbocycles. The van der Waals surface area contributed by atoms with Gasteiger partial charge in [-0.05, 0) is 51.6 Å². The van der Waals surface area contributed by atoms with E-state index in [0.717, 1.165) is 18.0 Å². The molecule has 0 aromatic carbocycles. The third kappa shape index (κ3) is 4.84. The maximum atomic E-state index is 3.72. The van der Waals surface area contributed by atoms with E-state index in [-0.39, 0.29) is 0 Å². The molecule has 0 aromatic heterocycles. The Morgan fingerprint density at radius 2 is 2.06 bits per heavy atom. The topological polar surface area (TPSA) is 15.3 Å². The third-order valence-electron chi connectivity index (χ3n) is 3.82. The minimum atomic E-state index is 0.738. The van der Waals surface area contributed by atoms with Crippen LogP contribution < -0.4 is 5.32 Å². The highest BCUT2D eigenvalue weighted by Crippen LogP contribution is 2.14. The Morgan fingerprint density at radius 3 is 2.69 bits per heavy atom. The van der Waals surface area contributed by atoms with E-state index in [4.69, 9.17) is 0 Å². The summed E-state index contributed by atoms with van der Waals surface area (Å²) in [5.74, 6) is 0.821. The molecule has 0 bridgehead atoms. The smallest absolute Gasteiger partial charge is 0.0195 e. The van der Waals surface area contributed by atoms with E-state index in [2.05, 4.69) is 37.9 Å². The van der Waals surface area contributed by atoms with Gasteiger partial charge < -0.3 is 5.32 Å². The summed E-state index contributed by atoms with van der Waals surface area (Å²) in [6.45, 7) is 13.0. The maximum absolute atomic E-state index is 3.72. The van der Waals surface area contributed by atoms with Crippen LogP contribution in [-0.4, -0.2) is 36.6 Å². The van der Waals surface area contributed by atoms with Crippen LogP contribution in [0.15, 0.2) is 0 Å². The Hall–Kier alpha value is -0.0800. The average molecular weight is 226 g/mol. The van der Waals surface area contributed by atoms with Crippen LogP contribution in [0, 0.1) is 5.92 Å². The molecule has 1 heterocycles. The first kappa shape index (κ1) is 14.0. The largest absolute Gasteiger partial charge is 0.313 e. The molecule has 1 saturated heterocycles. The van der Waals surface area contributed by atoms with Crippen molar-refractivity contribution in [3.8, 4) is 0 Å². The number of nitrogens with one attached hydrogen (secondary N) is 1. The number of hydrogen-bond acceptors (Lipinski definition) is 2. The van der Waals surface area contributed by atoms with Crippen LogP contribution in [-0.2, 0) is 0 Å². The van der Waals surface area contributed by atoms with Gasteiger partial charge >= 0.3 is 0 Å². The van der Waals surface area contributed by atoms with Crippen molar-refractivity contribution in [1.82, 2.24) is 10.2 Å². The molecular weight excluding hydrogens is 196 g/mol. The average Bonchev–Trinajstić information content (AvgIpc) is 2.28. The molecule has 1 fully saturated rings. The number of nitrogens with zero attached hydrogens (tertiary/aromatic N) is 1. The highest BCUT2D eigenvalue weighted by atomic mass is 15.2. The molecular formula is C14H30N2. The van der Waals surface area contributed by atoms with Crippen molar-refractivity contribution in [2.75, 3.05) is 19.6 Å². The van der Waals surface area contributed by atoms with Gasteiger partial charge in [0.15, 0.2) is 0 Å². The highest BCUT2D eigenvalue weighted by Gasteiger charge is 2.21. The monoisotopic (exact) mass is 226 g/mol. The highest BCUT2D eigenvalue weighted by molar-refractivity contribution is 4.80. The molecule has 0 saturated carbocycles. The lowest BCUT2D eigenvalue weighted by atomic mass is 10.0. The van der Waals surface area contributed by atoms with E-state index >= 15 is 0 Å².